The van der Waals surface area contributed by atoms with Gasteiger partial charge in [0.25, 0.3) is 0 Å². The highest BCUT2D eigenvalue weighted by Crippen LogP contribution is 2.35. The Hall–Kier alpha value is -3.97. The van der Waals surface area contributed by atoms with Crippen LogP contribution in [0.1, 0.15) is 30.9 Å². The maximum absolute atomic E-state index is 13.2. The first kappa shape index (κ1) is 25.1. The smallest absolute Gasteiger partial charge is 0.248 e. The molecule has 1 saturated heterocycles. The summed E-state index contributed by atoms with van der Waals surface area (Å²) in [6.07, 6.45) is 3.21. The fourth-order valence-electron chi connectivity index (χ4n) is 4.44. The minimum atomic E-state index is -0.339. The van der Waals surface area contributed by atoms with Gasteiger partial charge in [-0.25, -0.2) is 4.39 Å². The van der Waals surface area contributed by atoms with Crippen molar-refractivity contribution in [2.45, 2.75) is 25.8 Å². The molecule has 0 bridgehead atoms. The van der Waals surface area contributed by atoms with Crippen LogP contribution in [-0.2, 0) is 9.59 Å². The molecule has 0 radical (unpaired) electrons. The van der Waals surface area contributed by atoms with E-state index in [9.17, 15) is 14.0 Å². The second kappa shape index (κ2) is 11.2. The van der Waals surface area contributed by atoms with Crippen molar-refractivity contribution in [3.63, 3.8) is 0 Å². The molecule has 186 valence electrons. The molecule has 4 rings (SSSR count). The molecule has 6 nitrogen and oxygen atoms in total. The zero-order chi connectivity index (χ0) is 25.7. The minimum absolute atomic E-state index is 0.0234. The SMILES string of the molecule is CC(C)N1CC(C(=O)Nc2ccc(F)cc2)C(c2ccc(/C=C/C(=O)Nc3ccccc3N)cc2)C1. The summed E-state index contributed by atoms with van der Waals surface area (Å²) in [7, 11) is 0. The fourth-order valence-corrected chi connectivity index (χ4v) is 4.44. The molecular formula is C29H31FN4O2. The Balaban J connectivity index is 1.44. The molecule has 1 aliphatic heterocycles. The molecule has 3 aromatic rings. The van der Waals surface area contributed by atoms with E-state index in [2.05, 4.69) is 29.4 Å². The van der Waals surface area contributed by atoms with Crippen molar-refractivity contribution >= 4 is 35.0 Å². The number of nitrogen functional groups attached to an aromatic ring is 1. The molecule has 0 aliphatic carbocycles. The summed E-state index contributed by atoms with van der Waals surface area (Å²) < 4.78 is 13.2. The van der Waals surface area contributed by atoms with Crippen LogP contribution in [0, 0.1) is 11.7 Å². The zero-order valence-electron chi connectivity index (χ0n) is 20.4. The Kier molecular flexibility index (Phi) is 7.80. The number of halogens is 1. The van der Waals surface area contributed by atoms with Crippen LogP contribution in [0.2, 0.25) is 0 Å². The van der Waals surface area contributed by atoms with Gasteiger partial charge in [-0.1, -0.05) is 36.4 Å². The number of nitrogens with one attached hydrogen (secondary N) is 2. The fraction of sp³-hybridized carbons (Fsp3) is 0.241. The molecular weight excluding hydrogens is 455 g/mol. The Bertz CT molecular complexity index is 1240. The summed E-state index contributed by atoms with van der Waals surface area (Å²) in [6, 6.07) is 21.2. The quantitative estimate of drug-likeness (QED) is 0.319. The molecule has 1 fully saturated rings. The predicted octanol–water partition coefficient (Wildman–Crippen LogP) is 5.12. The second-order valence-corrected chi connectivity index (χ2v) is 9.33. The van der Waals surface area contributed by atoms with Gasteiger partial charge in [-0.2, -0.15) is 0 Å². The van der Waals surface area contributed by atoms with Gasteiger partial charge in [0.2, 0.25) is 11.8 Å². The van der Waals surface area contributed by atoms with Gasteiger partial charge in [0.1, 0.15) is 5.82 Å². The van der Waals surface area contributed by atoms with Gasteiger partial charge in [0.05, 0.1) is 17.3 Å². The first-order valence-corrected chi connectivity index (χ1v) is 12.0. The molecule has 1 aliphatic rings. The van der Waals surface area contributed by atoms with E-state index in [1.165, 1.54) is 18.2 Å². The number of anilines is 3. The summed E-state index contributed by atoms with van der Waals surface area (Å²) in [5.74, 6) is -0.891. The van der Waals surface area contributed by atoms with E-state index >= 15 is 0 Å². The number of para-hydroxylation sites is 2. The number of benzene rings is 3. The highest BCUT2D eigenvalue weighted by Gasteiger charge is 2.39. The third kappa shape index (κ3) is 6.17. The molecule has 2 amide bonds. The van der Waals surface area contributed by atoms with Crippen LogP contribution < -0.4 is 16.4 Å². The molecule has 7 heteroatoms. The van der Waals surface area contributed by atoms with Gasteiger partial charge >= 0.3 is 0 Å². The lowest BCUT2D eigenvalue weighted by molar-refractivity contribution is -0.120. The van der Waals surface area contributed by atoms with Crippen molar-refractivity contribution in [3.05, 3.63) is 95.8 Å². The van der Waals surface area contributed by atoms with Crippen LogP contribution in [0.15, 0.2) is 78.9 Å². The minimum Gasteiger partial charge on any atom is -0.397 e. The van der Waals surface area contributed by atoms with Gasteiger partial charge in [-0.3, -0.25) is 14.5 Å². The van der Waals surface area contributed by atoms with Crippen molar-refractivity contribution in [1.82, 2.24) is 4.90 Å². The summed E-state index contributed by atoms with van der Waals surface area (Å²) >= 11 is 0. The van der Waals surface area contributed by atoms with Gasteiger partial charge in [0.15, 0.2) is 0 Å². The first-order valence-electron chi connectivity index (χ1n) is 12.0. The highest BCUT2D eigenvalue weighted by molar-refractivity contribution is 6.03. The molecule has 1 heterocycles. The lowest BCUT2D eigenvalue weighted by Crippen LogP contribution is -2.31. The van der Waals surface area contributed by atoms with Crippen molar-refractivity contribution in [2.24, 2.45) is 5.92 Å². The number of carbonyl (C=O) groups excluding carboxylic acids is 2. The van der Waals surface area contributed by atoms with Gasteiger partial charge < -0.3 is 16.4 Å². The summed E-state index contributed by atoms with van der Waals surface area (Å²) in [5, 5.41) is 5.71. The zero-order valence-corrected chi connectivity index (χ0v) is 20.4. The van der Waals surface area contributed by atoms with E-state index in [1.54, 1.807) is 30.3 Å². The van der Waals surface area contributed by atoms with E-state index in [4.69, 9.17) is 5.73 Å². The third-order valence-electron chi connectivity index (χ3n) is 6.54. The van der Waals surface area contributed by atoms with Crippen LogP contribution in [0.3, 0.4) is 0 Å². The lowest BCUT2D eigenvalue weighted by Gasteiger charge is -2.20. The number of hydrogen-bond acceptors (Lipinski definition) is 4. The number of amides is 2. The average molecular weight is 487 g/mol. The number of rotatable bonds is 7. The summed E-state index contributed by atoms with van der Waals surface area (Å²) in [5.41, 5.74) is 9.48. The average Bonchev–Trinajstić information content (AvgIpc) is 3.32. The lowest BCUT2D eigenvalue weighted by atomic mass is 9.88. The van der Waals surface area contributed by atoms with Crippen LogP contribution in [0.4, 0.5) is 21.5 Å². The largest absolute Gasteiger partial charge is 0.397 e. The monoisotopic (exact) mass is 486 g/mol. The molecule has 2 unspecified atom stereocenters. The Labute approximate surface area is 211 Å². The standard InChI is InChI=1S/C29H31FN4O2/c1-19(2)34-17-24(25(18-34)29(36)32-23-14-12-22(30)13-15-23)21-10-7-20(8-11-21)9-16-28(35)33-27-6-4-3-5-26(27)31/h3-16,19,24-25H,17-18,31H2,1-2H3,(H,32,36)(H,33,35)/b16-9+. The van der Waals surface area contributed by atoms with E-state index in [0.717, 1.165) is 17.7 Å². The number of likely N-dealkylation sites (tertiary alicyclic amines) is 1. The third-order valence-corrected chi connectivity index (χ3v) is 6.54. The van der Waals surface area contributed by atoms with Gasteiger partial charge in [-0.15, -0.1) is 0 Å². The Morgan fingerprint density at radius 1 is 0.972 bits per heavy atom. The van der Waals surface area contributed by atoms with Crippen LogP contribution in [-0.4, -0.2) is 35.8 Å². The Morgan fingerprint density at radius 3 is 2.33 bits per heavy atom. The van der Waals surface area contributed by atoms with Gasteiger partial charge in [-0.05, 0) is 67.4 Å². The molecule has 3 aromatic carbocycles. The normalized spacial score (nSPS) is 18.0. The first-order chi connectivity index (χ1) is 17.3. The predicted molar refractivity (Wildman–Crippen MR) is 143 cm³/mol. The maximum atomic E-state index is 13.2. The van der Waals surface area contributed by atoms with E-state index in [1.807, 2.05) is 36.4 Å². The highest BCUT2D eigenvalue weighted by atomic mass is 19.1. The van der Waals surface area contributed by atoms with Crippen molar-refractivity contribution in [3.8, 4) is 0 Å². The summed E-state index contributed by atoms with van der Waals surface area (Å²) in [6.45, 7) is 5.67. The van der Waals surface area contributed by atoms with Crippen molar-refractivity contribution in [2.75, 3.05) is 29.5 Å². The van der Waals surface area contributed by atoms with Gasteiger partial charge in [0, 0.05) is 36.8 Å². The molecule has 0 spiro atoms. The number of nitrogens with zero attached hydrogens (tertiary/aromatic N) is 1. The van der Waals surface area contributed by atoms with Crippen LogP contribution in [0.25, 0.3) is 6.08 Å². The van der Waals surface area contributed by atoms with E-state index < -0.39 is 0 Å². The topological polar surface area (TPSA) is 87.5 Å². The number of carbonyl (C=O) groups is 2. The Morgan fingerprint density at radius 2 is 1.67 bits per heavy atom. The summed E-state index contributed by atoms with van der Waals surface area (Å²) in [4.78, 5) is 27.7. The van der Waals surface area contributed by atoms with Crippen molar-refractivity contribution in [1.29, 1.82) is 0 Å². The molecule has 0 saturated carbocycles. The second-order valence-electron chi connectivity index (χ2n) is 9.33. The van der Waals surface area contributed by atoms with E-state index in [-0.39, 0.29) is 29.5 Å². The number of hydrogen-bond donors (Lipinski definition) is 3. The molecule has 4 N–H and O–H groups in total. The van der Waals surface area contributed by atoms with E-state index in [0.29, 0.717) is 29.6 Å². The molecule has 0 aromatic heterocycles. The molecule has 2 atom stereocenters. The number of nitrogens with two attached hydrogens (primary N) is 1. The van der Waals surface area contributed by atoms with Crippen LogP contribution >= 0.6 is 0 Å². The van der Waals surface area contributed by atoms with Crippen molar-refractivity contribution < 1.29 is 14.0 Å². The van der Waals surface area contributed by atoms with Crippen LogP contribution in [0.5, 0.6) is 0 Å². The molecule has 36 heavy (non-hydrogen) atoms. The maximum Gasteiger partial charge on any atom is 0.248 e.